The standard InChI is InChI=1S/C24H44N4O9S2/c1-22(2,3)25-14-18(15-34-21-20(26-38-27-21)28-9-11-33-12-10-28)37-19(29)16-35-24(6,7)17-36-23(4,5)8-13-39(30,31)32/h18,25H,8-17H2,1-7H3,(H,30,31,32)/t18-/m0/s1. The fraction of sp³-hybridized carbons (Fsp3) is 0.875. The molecule has 0 unspecified atom stereocenters. The lowest BCUT2D eigenvalue weighted by molar-refractivity contribution is -0.168. The first kappa shape index (κ1) is 33.6. The number of esters is 1. The number of rotatable bonds is 16. The zero-order valence-corrected chi connectivity index (χ0v) is 25.7. The van der Waals surface area contributed by atoms with E-state index in [-0.39, 0.29) is 31.8 Å². The first-order valence-corrected chi connectivity index (χ1v) is 15.2. The summed E-state index contributed by atoms with van der Waals surface area (Å²) in [5.41, 5.74) is -1.88. The van der Waals surface area contributed by atoms with Gasteiger partial charge in [-0.2, -0.15) is 12.8 Å². The van der Waals surface area contributed by atoms with Crippen LogP contribution in [0.3, 0.4) is 0 Å². The van der Waals surface area contributed by atoms with Gasteiger partial charge in [-0.05, 0) is 54.9 Å². The summed E-state index contributed by atoms with van der Waals surface area (Å²) in [5, 5.41) is 3.33. The van der Waals surface area contributed by atoms with Crippen LogP contribution >= 0.6 is 11.7 Å². The smallest absolute Gasteiger partial charge is 0.332 e. The summed E-state index contributed by atoms with van der Waals surface area (Å²) in [6.07, 6.45) is -0.507. The number of ether oxygens (including phenoxy) is 5. The molecule has 0 saturated carbocycles. The summed E-state index contributed by atoms with van der Waals surface area (Å²) in [6.45, 7) is 15.8. The lowest BCUT2D eigenvalue weighted by Gasteiger charge is -2.32. The Labute approximate surface area is 235 Å². The third kappa shape index (κ3) is 14.0. The van der Waals surface area contributed by atoms with E-state index in [1.54, 1.807) is 27.7 Å². The third-order valence-electron chi connectivity index (χ3n) is 5.67. The van der Waals surface area contributed by atoms with E-state index >= 15 is 0 Å². The molecular formula is C24H44N4O9S2. The maximum absolute atomic E-state index is 12.7. The van der Waals surface area contributed by atoms with Gasteiger partial charge in [-0.1, -0.05) is 0 Å². The van der Waals surface area contributed by atoms with E-state index in [1.807, 2.05) is 20.8 Å². The lowest BCUT2D eigenvalue weighted by Crippen LogP contribution is -2.45. The predicted molar refractivity (Wildman–Crippen MR) is 147 cm³/mol. The second kappa shape index (κ2) is 14.3. The van der Waals surface area contributed by atoms with Crippen LogP contribution in [0.25, 0.3) is 0 Å². The van der Waals surface area contributed by atoms with E-state index < -0.39 is 39.1 Å². The molecule has 226 valence electrons. The highest BCUT2D eigenvalue weighted by Gasteiger charge is 2.29. The molecule has 15 heteroatoms. The van der Waals surface area contributed by atoms with Crippen LogP contribution in [0.15, 0.2) is 0 Å². The van der Waals surface area contributed by atoms with Crippen molar-refractivity contribution in [1.82, 2.24) is 14.1 Å². The molecular weight excluding hydrogens is 552 g/mol. The Bertz CT molecular complexity index is 1000. The van der Waals surface area contributed by atoms with Gasteiger partial charge in [-0.15, -0.1) is 4.37 Å². The normalized spacial score (nSPS) is 16.3. The average Bonchev–Trinajstić information content (AvgIpc) is 3.31. The van der Waals surface area contributed by atoms with Crippen molar-refractivity contribution in [2.24, 2.45) is 0 Å². The second-order valence-corrected chi connectivity index (χ2v) is 13.8. The van der Waals surface area contributed by atoms with Crippen LogP contribution in [0.1, 0.15) is 54.9 Å². The minimum absolute atomic E-state index is 0.0754. The van der Waals surface area contributed by atoms with Gasteiger partial charge in [0.2, 0.25) is 5.82 Å². The molecule has 1 fully saturated rings. The van der Waals surface area contributed by atoms with Crippen LogP contribution in [-0.4, -0.2) is 109 Å². The van der Waals surface area contributed by atoms with Gasteiger partial charge in [0.25, 0.3) is 16.0 Å². The van der Waals surface area contributed by atoms with Crippen molar-refractivity contribution >= 4 is 33.6 Å². The maximum Gasteiger partial charge on any atom is 0.332 e. The topological polar surface area (TPSA) is 159 Å². The van der Waals surface area contributed by atoms with E-state index in [1.165, 1.54) is 0 Å². The van der Waals surface area contributed by atoms with Crippen LogP contribution in [0.2, 0.25) is 0 Å². The molecule has 2 N–H and O–H groups in total. The van der Waals surface area contributed by atoms with Gasteiger partial charge in [0.05, 0.1) is 48.5 Å². The van der Waals surface area contributed by atoms with Gasteiger partial charge >= 0.3 is 5.97 Å². The van der Waals surface area contributed by atoms with Crippen molar-refractivity contribution < 1.29 is 41.4 Å². The van der Waals surface area contributed by atoms with Crippen LogP contribution in [0, 0.1) is 0 Å². The highest BCUT2D eigenvalue weighted by atomic mass is 32.2. The Balaban J connectivity index is 1.90. The number of anilines is 1. The molecule has 0 spiro atoms. The van der Waals surface area contributed by atoms with Gasteiger partial charge in [-0.25, -0.2) is 4.79 Å². The SMILES string of the molecule is CC(C)(C)NC[C@@H](COc1nsnc1N1CCOCC1)OC(=O)COC(C)(C)COC(C)(C)CCS(=O)(=O)O. The molecule has 2 rings (SSSR count). The summed E-state index contributed by atoms with van der Waals surface area (Å²) in [7, 11) is -4.09. The Hall–Kier alpha value is -1.62. The summed E-state index contributed by atoms with van der Waals surface area (Å²) in [5.74, 6) is 0.0688. The molecule has 2 heterocycles. The van der Waals surface area contributed by atoms with E-state index in [4.69, 9.17) is 28.2 Å². The summed E-state index contributed by atoms with van der Waals surface area (Å²) >= 11 is 1.06. The molecule has 1 aliphatic rings. The average molecular weight is 597 g/mol. The Morgan fingerprint density at radius 1 is 1.10 bits per heavy atom. The number of hydrogen-bond donors (Lipinski definition) is 2. The Morgan fingerprint density at radius 2 is 1.77 bits per heavy atom. The largest absolute Gasteiger partial charge is 0.470 e. The number of nitrogens with zero attached hydrogens (tertiary/aromatic N) is 3. The van der Waals surface area contributed by atoms with Gasteiger partial charge in [0.15, 0.2) is 0 Å². The molecule has 13 nitrogen and oxygen atoms in total. The fourth-order valence-electron chi connectivity index (χ4n) is 3.29. The number of nitrogens with one attached hydrogen (secondary N) is 1. The maximum atomic E-state index is 12.7. The molecule has 0 bridgehead atoms. The summed E-state index contributed by atoms with van der Waals surface area (Å²) in [6, 6.07) is 0. The van der Waals surface area contributed by atoms with E-state index in [0.717, 1.165) is 11.7 Å². The molecule has 1 aliphatic heterocycles. The number of carbonyl (C=O) groups excluding carboxylic acids is 1. The monoisotopic (exact) mass is 596 g/mol. The molecule has 1 aromatic heterocycles. The predicted octanol–water partition coefficient (Wildman–Crippen LogP) is 1.92. The Morgan fingerprint density at radius 3 is 2.38 bits per heavy atom. The fourth-order valence-corrected chi connectivity index (χ4v) is 4.56. The van der Waals surface area contributed by atoms with E-state index in [9.17, 15) is 13.2 Å². The van der Waals surface area contributed by atoms with Crippen LogP contribution in [-0.2, 0) is 33.9 Å². The zero-order valence-electron chi connectivity index (χ0n) is 24.0. The highest BCUT2D eigenvalue weighted by Crippen LogP contribution is 2.26. The summed E-state index contributed by atoms with van der Waals surface area (Å²) in [4.78, 5) is 14.8. The minimum atomic E-state index is -4.09. The Kier molecular flexibility index (Phi) is 12.3. The van der Waals surface area contributed by atoms with Gasteiger partial charge in [0.1, 0.15) is 19.3 Å². The van der Waals surface area contributed by atoms with E-state index in [2.05, 4.69) is 19.0 Å². The van der Waals surface area contributed by atoms with Crippen LogP contribution in [0.4, 0.5) is 5.82 Å². The minimum Gasteiger partial charge on any atom is -0.470 e. The first-order chi connectivity index (χ1) is 17.9. The number of aromatic nitrogens is 2. The van der Waals surface area contributed by atoms with Gasteiger partial charge in [-0.3, -0.25) is 4.55 Å². The van der Waals surface area contributed by atoms with Crippen LogP contribution < -0.4 is 15.0 Å². The van der Waals surface area contributed by atoms with Gasteiger partial charge in [0, 0.05) is 25.2 Å². The highest BCUT2D eigenvalue weighted by molar-refractivity contribution is 7.85. The van der Waals surface area contributed by atoms with E-state index in [0.29, 0.717) is 44.5 Å². The van der Waals surface area contributed by atoms with Crippen molar-refractivity contribution in [3.05, 3.63) is 0 Å². The molecule has 0 amide bonds. The van der Waals surface area contributed by atoms with Gasteiger partial charge < -0.3 is 33.9 Å². The second-order valence-electron chi connectivity index (χ2n) is 11.7. The van der Waals surface area contributed by atoms with Crippen molar-refractivity contribution in [3.63, 3.8) is 0 Å². The van der Waals surface area contributed by atoms with Crippen molar-refractivity contribution in [2.75, 3.05) is 63.3 Å². The molecule has 0 aromatic carbocycles. The zero-order chi connectivity index (χ0) is 29.3. The van der Waals surface area contributed by atoms with Crippen molar-refractivity contribution in [1.29, 1.82) is 0 Å². The first-order valence-electron chi connectivity index (χ1n) is 12.9. The lowest BCUT2D eigenvalue weighted by atomic mass is 10.1. The summed E-state index contributed by atoms with van der Waals surface area (Å²) < 4.78 is 68.3. The van der Waals surface area contributed by atoms with Crippen molar-refractivity contribution in [2.45, 2.75) is 77.7 Å². The number of morpholine rings is 1. The quantitative estimate of drug-likeness (QED) is 0.211. The molecule has 0 aliphatic carbocycles. The molecule has 1 saturated heterocycles. The van der Waals surface area contributed by atoms with Crippen LogP contribution in [0.5, 0.6) is 5.88 Å². The molecule has 39 heavy (non-hydrogen) atoms. The van der Waals surface area contributed by atoms with Crippen molar-refractivity contribution in [3.8, 4) is 5.88 Å². The molecule has 1 atom stereocenters. The molecule has 1 aromatic rings. The number of carbonyl (C=O) groups is 1. The molecule has 0 radical (unpaired) electrons. The third-order valence-corrected chi connectivity index (χ3v) is 6.89. The number of hydrogen-bond acceptors (Lipinski definition) is 13.